The second kappa shape index (κ2) is 9.29. The van der Waals surface area contributed by atoms with Crippen molar-refractivity contribution in [1.29, 1.82) is 0 Å². The van der Waals surface area contributed by atoms with E-state index in [0.29, 0.717) is 11.1 Å². The predicted octanol–water partition coefficient (Wildman–Crippen LogP) is 4.87. The van der Waals surface area contributed by atoms with Crippen LogP contribution in [0.3, 0.4) is 0 Å². The minimum absolute atomic E-state index is 0.149. The molecule has 3 rings (SSSR count). The van der Waals surface area contributed by atoms with Gasteiger partial charge < -0.3 is 5.32 Å². The molecule has 150 valence electrons. The third-order valence-electron chi connectivity index (χ3n) is 4.61. The molecule has 0 aliphatic rings. The predicted molar refractivity (Wildman–Crippen MR) is 118 cm³/mol. The van der Waals surface area contributed by atoms with Crippen LogP contribution in [0, 0.1) is 0 Å². The van der Waals surface area contributed by atoms with Crippen molar-refractivity contribution in [3.63, 3.8) is 0 Å². The molecule has 1 unspecified atom stereocenters. The number of rotatable bonds is 7. The quantitative estimate of drug-likeness (QED) is 0.549. The van der Waals surface area contributed by atoms with Crippen molar-refractivity contribution in [3.05, 3.63) is 95.6 Å². The van der Waals surface area contributed by atoms with Gasteiger partial charge in [0.1, 0.15) is 0 Å². The minimum Gasteiger partial charge on any atom is -0.346 e. The number of amides is 1. The van der Waals surface area contributed by atoms with E-state index in [-0.39, 0.29) is 22.6 Å². The van der Waals surface area contributed by atoms with Crippen LogP contribution >= 0.6 is 11.8 Å². The molecule has 3 aromatic rings. The molecule has 1 atom stereocenters. The highest BCUT2D eigenvalue weighted by Crippen LogP contribution is 2.20. The summed E-state index contributed by atoms with van der Waals surface area (Å²) >= 11 is 1.67. The lowest BCUT2D eigenvalue weighted by atomic mass is 10.1. The molecule has 1 amide bonds. The SMILES string of the molecule is CSc1ccc(C(C)NC(=O)c2cccc(CS(=O)(=O)c3ccccc3)c2)cc1. The van der Waals surface area contributed by atoms with Gasteiger partial charge >= 0.3 is 0 Å². The summed E-state index contributed by atoms with van der Waals surface area (Å²) in [5.74, 6) is -0.380. The van der Waals surface area contributed by atoms with E-state index in [1.54, 1.807) is 66.4 Å². The summed E-state index contributed by atoms with van der Waals surface area (Å²) in [5, 5.41) is 2.98. The van der Waals surface area contributed by atoms with E-state index in [0.717, 1.165) is 5.56 Å². The number of thioether (sulfide) groups is 1. The van der Waals surface area contributed by atoms with Gasteiger partial charge in [-0.25, -0.2) is 8.42 Å². The van der Waals surface area contributed by atoms with Gasteiger partial charge in [0.15, 0.2) is 9.84 Å². The van der Waals surface area contributed by atoms with Gasteiger partial charge in [0.25, 0.3) is 5.91 Å². The second-order valence-electron chi connectivity index (χ2n) is 6.74. The van der Waals surface area contributed by atoms with E-state index < -0.39 is 9.84 Å². The zero-order valence-corrected chi connectivity index (χ0v) is 18.0. The largest absolute Gasteiger partial charge is 0.346 e. The first-order valence-electron chi connectivity index (χ1n) is 9.20. The molecule has 0 aliphatic heterocycles. The molecule has 29 heavy (non-hydrogen) atoms. The van der Waals surface area contributed by atoms with Crippen LogP contribution in [-0.4, -0.2) is 20.6 Å². The van der Waals surface area contributed by atoms with E-state index in [1.165, 1.54) is 4.90 Å². The van der Waals surface area contributed by atoms with Crippen molar-refractivity contribution in [2.45, 2.75) is 28.5 Å². The Labute approximate surface area is 176 Å². The third-order valence-corrected chi connectivity index (χ3v) is 7.06. The molecule has 0 saturated carbocycles. The normalized spacial score (nSPS) is 12.3. The van der Waals surface area contributed by atoms with Crippen LogP contribution in [0.2, 0.25) is 0 Å². The molecule has 0 aromatic heterocycles. The van der Waals surface area contributed by atoms with Crippen molar-refractivity contribution in [2.75, 3.05) is 6.26 Å². The standard InChI is InChI=1S/C23H23NO3S2/c1-17(19-11-13-21(28-2)14-12-19)24-23(25)20-8-6-7-18(15-20)16-29(26,27)22-9-4-3-5-10-22/h3-15,17H,16H2,1-2H3,(H,24,25). The highest BCUT2D eigenvalue weighted by molar-refractivity contribution is 7.98. The number of carbonyl (C=O) groups excluding carboxylic acids is 1. The molecule has 0 aliphatic carbocycles. The zero-order chi connectivity index (χ0) is 20.9. The topological polar surface area (TPSA) is 63.2 Å². The highest BCUT2D eigenvalue weighted by atomic mass is 32.2. The van der Waals surface area contributed by atoms with Crippen molar-refractivity contribution in [1.82, 2.24) is 5.32 Å². The van der Waals surface area contributed by atoms with Crippen LogP contribution in [0.25, 0.3) is 0 Å². The van der Waals surface area contributed by atoms with Gasteiger partial charge in [-0.2, -0.15) is 0 Å². The summed E-state index contributed by atoms with van der Waals surface area (Å²) in [5.41, 5.74) is 2.04. The number of hydrogen-bond donors (Lipinski definition) is 1. The lowest BCUT2D eigenvalue weighted by Crippen LogP contribution is -2.26. The highest BCUT2D eigenvalue weighted by Gasteiger charge is 2.17. The van der Waals surface area contributed by atoms with Gasteiger partial charge in [0.2, 0.25) is 0 Å². The molecule has 0 fully saturated rings. The molecule has 6 heteroatoms. The average Bonchev–Trinajstić information content (AvgIpc) is 2.74. The molecule has 0 spiro atoms. The maximum Gasteiger partial charge on any atom is 0.251 e. The first kappa shape index (κ1) is 21.1. The fourth-order valence-corrected chi connectivity index (χ4v) is 4.75. The van der Waals surface area contributed by atoms with Crippen LogP contribution in [0.4, 0.5) is 0 Å². The van der Waals surface area contributed by atoms with Crippen LogP contribution in [0.15, 0.2) is 88.7 Å². The van der Waals surface area contributed by atoms with E-state index in [2.05, 4.69) is 5.32 Å². The maximum atomic E-state index is 12.7. The van der Waals surface area contributed by atoms with Gasteiger partial charge in [0, 0.05) is 10.5 Å². The van der Waals surface area contributed by atoms with Gasteiger partial charge in [-0.05, 0) is 60.7 Å². The molecular weight excluding hydrogens is 402 g/mol. The first-order valence-corrected chi connectivity index (χ1v) is 12.1. The Morgan fingerprint density at radius 2 is 1.66 bits per heavy atom. The molecule has 0 heterocycles. The Morgan fingerprint density at radius 1 is 0.966 bits per heavy atom. The molecule has 4 nitrogen and oxygen atoms in total. The summed E-state index contributed by atoms with van der Waals surface area (Å²) in [6.45, 7) is 1.93. The van der Waals surface area contributed by atoms with Crippen LogP contribution in [0.5, 0.6) is 0 Å². The van der Waals surface area contributed by atoms with Gasteiger partial charge in [-0.3, -0.25) is 4.79 Å². The Balaban J connectivity index is 1.72. The minimum atomic E-state index is -3.46. The summed E-state index contributed by atoms with van der Waals surface area (Å²) in [6.07, 6.45) is 2.02. The Kier molecular flexibility index (Phi) is 6.77. The van der Waals surface area contributed by atoms with Gasteiger partial charge in [-0.1, -0.05) is 42.5 Å². The summed E-state index contributed by atoms with van der Waals surface area (Å²) in [7, 11) is -3.46. The number of sulfone groups is 1. The average molecular weight is 426 g/mol. The molecule has 1 N–H and O–H groups in total. The fourth-order valence-electron chi connectivity index (χ4n) is 2.99. The molecule has 0 bridgehead atoms. The van der Waals surface area contributed by atoms with Crippen molar-refractivity contribution in [2.24, 2.45) is 0 Å². The number of nitrogens with one attached hydrogen (secondary N) is 1. The molecule has 0 radical (unpaired) electrons. The zero-order valence-electron chi connectivity index (χ0n) is 16.3. The number of carbonyl (C=O) groups is 1. The summed E-state index contributed by atoms with van der Waals surface area (Å²) < 4.78 is 25.2. The maximum absolute atomic E-state index is 12.7. The smallest absolute Gasteiger partial charge is 0.251 e. The van der Waals surface area contributed by atoms with Gasteiger partial charge in [-0.15, -0.1) is 11.8 Å². The van der Waals surface area contributed by atoms with Crippen LogP contribution < -0.4 is 5.32 Å². The monoisotopic (exact) mass is 425 g/mol. The van der Waals surface area contributed by atoms with Crippen LogP contribution in [-0.2, 0) is 15.6 Å². The van der Waals surface area contributed by atoms with Gasteiger partial charge in [0.05, 0.1) is 16.7 Å². The first-order chi connectivity index (χ1) is 13.9. The number of benzene rings is 3. The lowest BCUT2D eigenvalue weighted by molar-refractivity contribution is 0.0939. The van der Waals surface area contributed by atoms with E-state index in [9.17, 15) is 13.2 Å². The summed E-state index contributed by atoms with van der Waals surface area (Å²) in [4.78, 5) is 14.1. The van der Waals surface area contributed by atoms with Crippen molar-refractivity contribution in [3.8, 4) is 0 Å². The Hall–Kier alpha value is -2.57. The van der Waals surface area contributed by atoms with Crippen LogP contribution in [0.1, 0.15) is 34.5 Å². The lowest BCUT2D eigenvalue weighted by Gasteiger charge is -2.15. The molecular formula is C23H23NO3S2. The van der Waals surface area contributed by atoms with E-state index in [1.807, 2.05) is 37.4 Å². The molecule has 3 aromatic carbocycles. The summed E-state index contributed by atoms with van der Waals surface area (Å²) in [6, 6.07) is 23.0. The molecule has 0 saturated heterocycles. The van der Waals surface area contributed by atoms with Crippen molar-refractivity contribution < 1.29 is 13.2 Å². The Bertz CT molecular complexity index is 1080. The van der Waals surface area contributed by atoms with E-state index >= 15 is 0 Å². The van der Waals surface area contributed by atoms with E-state index in [4.69, 9.17) is 0 Å². The third kappa shape index (κ3) is 5.49. The van der Waals surface area contributed by atoms with Crippen molar-refractivity contribution >= 4 is 27.5 Å². The Morgan fingerprint density at radius 3 is 2.31 bits per heavy atom. The number of hydrogen-bond acceptors (Lipinski definition) is 4. The second-order valence-corrected chi connectivity index (χ2v) is 9.61. The fraction of sp³-hybridized carbons (Fsp3) is 0.174.